The van der Waals surface area contributed by atoms with Crippen LogP contribution in [0.25, 0.3) is 0 Å². The number of aryl methyl sites for hydroxylation is 1. The normalized spacial score (nSPS) is 10.0. The Hall–Kier alpha value is -1.79. The Kier molecular flexibility index (Phi) is 5.59. The van der Waals surface area contributed by atoms with Crippen molar-refractivity contribution in [2.75, 3.05) is 20.2 Å². The van der Waals surface area contributed by atoms with Crippen molar-refractivity contribution >= 4 is 5.91 Å². The lowest BCUT2D eigenvalue weighted by atomic mass is 10.0. The molecule has 0 radical (unpaired) electrons. The van der Waals surface area contributed by atoms with Crippen LogP contribution >= 0.6 is 0 Å². The first kappa shape index (κ1) is 15.3. The topological polar surface area (TPSA) is 40.5 Å². The summed E-state index contributed by atoms with van der Waals surface area (Å²) in [6, 6.07) is 5.49. The Labute approximate surface area is 115 Å². The SMILES string of the molecule is Cc1ccc(C(=O)N(C)CC(C)C)cc1C#CCO. The molecule has 1 N–H and O–H groups in total. The second kappa shape index (κ2) is 6.96. The third kappa shape index (κ3) is 4.42. The van der Waals surface area contributed by atoms with E-state index in [-0.39, 0.29) is 12.5 Å². The predicted octanol–water partition coefficient (Wildman–Crippen LogP) is 2.07. The van der Waals surface area contributed by atoms with Crippen LogP contribution in [0.15, 0.2) is 18.2 Å². The van der Waals surface area contributed by atoms with Crippen molar-refractivity contribution in [1.29, 1.82) is 0 Å². The molecular formula is C16H21NO2. The Morgan fingerprint density at radius 3 is 2.68 bits per heavy atom. The van der Waals surface area contributed by atoms with E-state index < -0.39 is 0 Å². The summed E-state index contributed by atoms with van der Waals surface area (Å²) in [5.41, 5.74) is 2.43. The molecule has 1 aromatic rings. The minimum Gasteiger partial charge on any atom is -0.384 e. The van der Waals surface area contributed by atoms with Gasteiger partial charge in [0, 0.05) is 24.7 Å². The summed E-state index contributed by atoms with van der Waals surface area (Å²) in [6.07, 6.45) is 0. The van der Waals surface area contributed by atoms with Crippen LogP contribution in [0.5, 0.6) is 0 Å². The maximum Gasteiger partial charge on any atom is 0.253 e. The van der Waals surface area contributed by atoms with Crippen LogP contribution in [-0.2, 0) is 0 Å². The van der Waals surface area contributed by atoms with E-state index in [4.69, 9.17) is 5.11 Å². The lowest BCUT2D eigenvalue weighted by Gasteiger charge is -2.19. The van der Waals surface area contributed by atoms with Crippen LogP contribution in [0.2, 0.25) is 0 Å². The lowest BCUT2D eigenvalue weighted by Crippen LogP contribution is -2.30. The third-order valence-electron chi connectivity index (χ3n) is 2.77. The fraction of sp³-hybridized carbons (Fsp3) is 0.438. The summed E-state index contributed by atoms with van der Waals surface area (Å²) < 4.78 is 0. The van der Waals surface area contributed by atoms with Gasteiger partial charge in [0.2, 0.25) is 0 Å². The van der Waals surface area contributed by atoms with Gasteiger partial charge in [-0.2, -0.15) is 0 Å². The fourth-order valence-corrected chi connectivity index (χ4v) is 1.88. The average Bonchev–Trinajstić information content (AvgIpc) is 2.36. The molecule has 0 bridgehead atoms. The maximum absolute atomic E-state index is 12.2. The highest BCUT2D eigenvalue weighted by molar-refractivity contribution is 5.94. The molecule has 102 valence electrons. The molecule has 0 aliphatic carbocycles. The Morgan fingerprint density at radius 2 is 2.11 bits per heavy atom. The molecule has 0 unspecified atom stereocenters. The van der Waals surface area contributed by atoms with Crippen LogP contribution in [0, 0.1) is 24.7 Å². The number of amides is 1. The standard InChI is InChI=1S/C16H21NO2/c1-12(2)11-17(4)16(19)15-8-7-13(3)14(10-15)6-5-9-18/h7-8,10,12,18H,9,11H2,1-4H3. The van der Waals surface area contributed by atoms with Gasteiger partial charge in [0.15, 0.2) is 0 Å². The molecule has 0 aliphatic rings. The zero-order chi connectivity index (χ0) is 14.4. The number of aliphatic hydroxyl groups is 1. The summed E-state index contributed by atoms with van der Waals surface area (Å²) in [6.45, 7) is 6.65. The van der Waals surface area contributed by atoms with E-state index in [2.05, 4.69) is 25.7 Å². The van der Waals surface area contributed by atoms with E-state index in [0.29, 0.717) is 11.5 Å². The Balaban J connectivity index is 2.98. The van der Waals surface area contributed by atoms with Gasteiger partial charge in [0.1, 0.15) is 6.61 Å². The molecule has 1 rings (SSSR count). The summed E-state index contributed by atoms with van der Waals surface area (Å²) >= 11 is 0. The van der Waals surface area contributed by atoms with Gasteiger partial charge < -0.3 is 10.0 Å². The number of nitrogens with zero attached hydrogens (tertiary/aromatic N) is 1. The van der Waals surface area contributed by atoms with Crippen LogP contribution in [-0.4, -0.2) is 36.1 Å². The van der Waals surface area contributed by atoms with Crippen LogP contribution in [0.3, 0.4) is 0 Å². The molecular weight excluding hydrogens is 238 g/mol. The first-order valence-electron chi connectivity index (χ1n) is 6.41. The smallest absolute Gasteiger partial charge is 0.253 e. The van der Waals surface area contributed by atoms with Crippen LogP contribution in [0.4, 0.5) is 0 Å². The minimum atomic E-state index is -0.176. The lowest BCUT2D eigenvalue weighted by molar-refractivity contribution is 0.0779. The molecule has 0 fully saturated rings. The number of carbonyl (C=O) groups excluding carboxylic acids is 1. The van der Waals surface area contributed by atoms with Gasteiger partial charge in [0.05, 0.1) is 0 Å². The average molecular weight is 259 g/mol. The van der Waals surface area contributed by atoms with Gasteiger partial charge in [0.25, 0.3) is 5.91 Å². The molecule has 0 saturated carbocycles. The number of carbonyl (C=O) groups is 1. The van der Waals surface area contributed by atoms with Crippen molar-refractivity contribution in [1.82, 2.24) is 4.90 Å². The summed E-state index contributed by atoms with van der Waals surface area (Å²) in [7, 11) is 1.81. The molecule has 3 nitrogen and oxygen atoms in total. The molecule has 1 aromatic carbocycles. The molecule has 0 aliphatic heterocycles. The number of hydrogen-bond acceptors (Lipinski definition) is 2. The van der Waals surface area contributed by atoms with E-state index in [9.17, 15) is 4.79 Å². The van der Waals surface area contributed by atoms with Gasteiger partial charge in [-0.05, 0) is 30.5 Å². The van der Waals surface area contributed by atoms with Gasteiger partial charge in [-0.15, -0.1) is 0 Å². The van der Waals surface area contributed by atoms with Gasteiger partial charge in [-0.1, -0.05) is 31.8 Å². The van der Waals surface area contributed by atoms with Gasteiger partial charge in [-0.3, -0.25) is 4.79 Å². The zero-order valence-electron chi connectivity index (χ0n) is 12.0. The second-order valence-electron chi connectivity index (χ2n) is 5.07. The highest BCUT2D eigenvalue weighted by atomic mass is 16.2. The fourth-order valence-electron chi connectivity index (χ4n) is 1.88. The van der Waals surface area contributed by atoms with Crippen molar-refractivity contribution in [3.05, 3.63) is 34.9 Å². The number of aliphatic hydroxyl groups excluding tert-OH is 1. The Bertz CT molecular complexity index is 509. The van der Waals surface area contributed by atoms with E-state index in [1.54, 1.807) is 18.0 Å². The van der Waals surface area contributed by atoms with E-state index >= 15 is 0 Å². The highest BCUT2D eigenvalue weighted by Gasteiger charge is 2.13. The number of hydrogen-bond donors (Lipinski definition) is 1. The first-order valence-corrected chi connectivity index (χ1v) is 6.41. The molecule has 0 aromatic heterocycles. The van der Waals surface area contributed by atoms with Crippen LogP contribution < -0.4 is 0 Å². The van der Waals surface area contributed by atoms with Crippen molar-refractivity contribution in [3.8, 4) is 11.8 Å². The third-order valence-corrected chi connectivity index (χ3v) is 2.77. The molecule has 0 saturated heterocycles. The van der Waals surface area contributed by atoms with Crippen molar-refractivity contribution < 1.29 is 9.90 Å². The number of benzene rings is 1. The van der Waals surface area contributed by atoms with Crippen molar-refractivity contribution in [2.24, 2.45) is 5.92 Å². The van der Waals surface area contributed by atoms with E-state index in [1.165, 1.54) is 0 Å². The van der Waals surface area contributed by atoms with Crippen molar-refractivity contribution in [2.45, 2.75) is 20.8 Å². The molecule has 19 heavy (non-hydrogen) atoms. The Morgan fingerprint density at radius 1 is 1.42 bits per heavy atom. The molecule has 1 amide bonds. The van der Waals surface area contributed by atoms with Crippen molar-refractivity contribution in [3.63, 3.8) is 0 Å². The first-order chi connectivity index (χ1) is 8.95. The molecule has 0 spiro atoms. The second-order valence-corrected chi connectivity index (χ2v) is 5.07. The van der Waals surface area contributed by atoms with Crippen LogP contribution in [0.1, 0.15) is 35.3 Å². The molecule has 0 atom stereocenters. The number of rotatable bonds is 3. The summed E-state index contributed by atoms with van der Waals surface area (Å²) in [4.78, 5) is 14.0. The highest BCUT2D eigenvalue weighted by Crippen LogP contribution is 2.12. The minimum absolute atomic E-state index is 0.000693. The van der Waals surface area contributed by atoms with E-state index in [0.717, 1.165) is 17.7 Å². The zero-order valence-corrected chi connectivity index (χ0v) is 12.0. The van der Waals surface area contributed by atoms with Gasteiger partial charge in [-0.25, -0.2) is 0 Å². The maximum atomic E-state index is 12.2. The molecule has 3 heteroatoms. The van der Waals surface area contributed by atoms with Gasteiger partial charge >= 0.3 is 0 Å². The monoisotopic (exact) mass is 259 g/mol. The predicted molar refractivity (Wildman–Crippen MR) is 76.9 cm³/mol. The quantitative estimate of drug-likeness (QED) is 0.844. The summed E-state index contributed by atoms with van der Waals surface area (Å²) in [5, 5.41) is 8.74. The summed E-state index contributed by atoms with van der Waals surface area (Å²) in [5.74, 6) is 5.92. The van der Waals surface area contributed by atoms with E-state index in [1.807, 2.05) is 19.1 Å². The largest absolute Gasteiger partial charge is 0.384 e. The molecule has 0 heterocycles.